The molecule has 5 atom stereocenters. The van der Waals surface area contributed by atoms with Crippen molar-refractivity contribution in [1.82, 2.24) is 14.5 Å². The minimum absolute atomic E-state index is 0.199. The zero-order valence-corrected chi connectivity index (χ0v) is 27.5. The molecule has 2 N–H and O–H groups in total. The highest BCUT2D eigenvalue weighted by Crippen LogP contribution is 2.35. The second-order valence-electron chi connectivity index (χ2n) is 12.7. The standard InChI is InChI=1S/C31H43ClN4O7Si/c1-44(2,3)15-14-37-19-36-23-16-22(32)27(20-7-9-21(10-8-20)38-13-11-33)34-30(23)35-31(36)43-25-18-41-28-24(17-40-29(25)28)42-26-6-4-5-12-39-26/h7-10,16,24-26,28-29H,4-6,11-15,17-19,33H2,1-3H3/t24-,25-,26?,28-,29-/m1/s1. The van der Waals surface area contributed by atoms with Gasteiger partial charge in [-0.1, -0.05) is 31.2 Å². The van der Waals surface area contributed by atoms with E-state index in [1.165, 1.54) is 0 Å². The Bertz CT molecular complexity index is 1400. The van der Waals surface area contributed by atoms with Gasteiger partial charge in [-0.15, -0.1) is 0 Å². The minimum Gasteiger partial charge on any atom is -0.492 e. The van der Waals surface area contributed by atoms with E-state index in [0.717, 1.165) is 48.7 Å². The summed E-state index contributed by atoms with van der Waals surface area (Å²) < 4.78 is 44.5. The Morgan fingerprint density at radius 3 is 2.50 bits per heavy atom. The van der Waals surface area contributed by atoms with Crippen LogP contribution < -0.4 is 15.2 Å². The topological polar surface area (TPSA) is 121 Å². The van der Waals surface area contributed by atoms with Crippen molar-refractivity contribution in [3.8, 4) is 23.0 Å². The van der Waals surface area contributed by atoms with Gasteiger partial charge in [0, 0.05) is 33.4 Å². The summed E-state index contributed by atoms with van der Waals surface area (Å²) in [5.41, 5.74) is 8.26. The number of rotatable bonds is 13. The molecule has 3 saturated heterocycles. The third-order valence-electron chi connectivity index (χ3n) is 8.07. The van der Waals surface area contributed by atoms with Gasteiger partial charge in [-0.25, -0.2) is 4.98 Å². The Hall–Kier alpha value is -2.29. The van der Waals surface area contributed by atoms with Gasteiger partial charge in [0.25, 0.3) is 0 Å². The number of aromatic nitrogens is 3. The van der Waals surface area contributed by atoms with Crippen LogP contribution in [0.5, 0.6) is 11.8 Å². The second-order valence-corrected chi connectivity index (χ2v) is 18.7. The maximum Gasteiger partial charge on any atom is 0.301 e. The molecule has 13 heteroatoms. The monoisotopic (exact) mass is 646 g/mol. The first-order valence-corrected chi connectivity index (χ1v) is 19.6. The second kappa shape index (κ2) is 14.0. The molecule has 1 unspecified atom stereocenters. The fourth-order valence-corrected chi connectivity index (χ4v) is 6.65. The first-order chi connectivity index (χ1) is 21.3. The predicted octanol–water partition coefficient (Wildman–Crippen LogP) is 4.86. The summed E-state index contributed by atoms with van der Waals surface area (Å²) in [6, 6.07) is 10.9. The van der Waals surface area contributed by atoms with Crippen molar-refractivity contribution in [2.75, 3.05) is 39.6 Å². The van der Waals surface area contributed by atoms with Gasteiger partial charge < -0.3 is 38.9 Å². The van der Waals surface area contributed by atoms with Crippen LogP contribution in [0.4, 0.5) is 0 Å². The molecule has 3 aliphatic rings. The third-order valence-corrected chi connectivity index (χ3v) is 10.1. The molecule has 6 rings (SSSR count). The van der Waals surface area contributed by atoms with Gasteiger partial charge in [-0.3, -0.25) is 4.57 Å². The van der Waals surface area contributed by atoms with Crippen LogP contribution in [0.3, 0.4) is 0 Å². The van der Waals surface area contributed by atoms with Crippen molar-refractivity contribution >= 4 is 30.8 Å². The Kier molecular flexibility index (Phi) is 10.1. The number of pyridine rings is 1. The van der Waals surface area contributed by atoms with Crippen molar-refractivity contribution in [2.45, 2.75) is 82.4 Å². The number of imidazole rings is 1. The van der Waals surface area contributed by atoms with Crippen molar-refractivity contribution in [1.29, 1.82) is 0 Å². The largest absolute Gasteiger partial charge is 0.492 e. The maximum atomic E-state index is 6.81. The molecule has 2 aromatic heterocycles. The van der Waals surface area contributed by atoms with E-state index in [2.05, 4.69) is 19.6 Å². The third kappa shape index (κ3) is 7.39. The molecule has 0 amide bonds. The SMILES string of the molecule is C[Si](C)(C)CCOCn1c(O[C@@H]2CO[C@H]3[C@@H]2OC[C@H]3OC2CCCCO2)nc2nc(-c3ccc(OCCN)cc3)c(Cl)cc21. The first-order valence-electron chi connectivity index (χ1n) is 15.5. The molecule has 1 aromatic carbocycles. The lowest BCUT2D eigenvalue weighted by molar-refractivity contribution is -0.202. The predicted molar refractivity (Wildman–Crippen MR) is 169 cm³/mol. The summed E-state index contributed by atoms with van der Waals surface area (Å²) in [6.45, 7) is 10.3. The molecule has 3 aromatic rings. The normalized spacial score (nSPS) is 25.4. The first kappa shape index (κ1) is 31.7. The van der Waals surface area contributed by atoms with Crippen LogP contribution in [0.15, 0.2) is 30.3 Å². The average molecular weight is 647 g/mol. The lowest BCUT2D eigenvalue weighted by Gasteiger charge is -2.27. The van der Waals surface area contributed by atoms with Crippen LogP contribution >= 0.6 is 11.6 Å². The number of hydrogen-bond donors (Lipinski definition) is 1. The Morgan fingerprint density at radius 2 is 1.77 bits per heavy atom. The molecule has 3 aliphatic heterocycles. The maximum absolute atomic E-state index is 6.81. The molecule has 240 valence electrons. The fraction of sp³-hybridized carbons (Fsp3) is 0.613. The van der Waals surface area contributed by atoms with Gasteiger partial charge in [-0.05, 0) is 55.6 Å². The fourth-order valence-electron chi connectivity index (χ4n) is 5.64. The molecular formula is C31H43ClN4O7Si. The highest BCUT2D eigenvalue weighted by molar-refractivity contribution is 6.76. The van der Waals surface area contributed by atoms with E-state index in [-0.39, 0.29) is 37.4 Å². The quantitative estimate of drug-likeness (QED) is 0.204. The zero-order chi connectivity index (χ0) is 30.7. The summed E-state index contributed by atoms with van der Waals surface area (Å²) in [4.78, 5) is 9.67. The molecule has 0 radical (unpaired) electrons. The van der Waals surface area contributed by atoms with Gasteiger partial charge in [0.05, 0.1) is 29.4 Å². The molecule has 0 saturated carbocycles. The zero-order valence-electron chi connectivity index (χ0n) is 25.7. The Labute approximate surface area is 264 Å². The number of nitrogens with two attached hydrogens (primary N) is 1. The van der Waals surface area contributed by atoms with E-state index in [0.29, 0.717) is 55.3 Å². The summed E-state index contributed by atoms with van der Waals surface area (Å²) in [7, 11) is -1.26. The highest BCUT2D eigenvalue weighted by Gasteiger charge is 2.50. The number of nitrogens with zero attached hydrogens (tertiary/aromatic N) is 3. The van der Waals surface area contributed by atoms with Crippen molar-refractivity contribution in [3.63, 3.8) is 0 Å². The number of halogens is 1. The summed E-state index contributed by atoms with van der Waals surface area (Å²) in [6.07, 6.45) is 1.77. The molecule has 0 spiro atoms. The van der Waals surface area contributed by atoms with Crippen molar-refractivity contribution in [2.24, 2.45) is 5.73 Å². The molecule has 11 nitrogen and oxygen atoms in total. The van der Waals surface area contributed by atoms with Crippen LogP contribution in [-0.4, -0.2) is 92.9 Å². The lowest BCUT2D eigenvalue weighted by atomic mass is 10.1. The summed E-state index contributed by atoms with van der Waals surface area (Å²) in [5.74, 6) is 0.733. The number of benzene rings is 1. The number of ether oxygens (including phenoxy) is 7. The Morgan fingerprint density at radius 1 is 1.00 bits per heavy atom. The summed E-state index contributed by atoms with van der Waals surface area (Å²) in [5, 5.41) is 0.497. The van der Waals surface area contributed by atoms with E-state index in [9.17, 15) is 0 Å². The van der Waals surface area contributed by atoms with Gasteiger partial charge in [-0.2, -0.15) is 4.98 Å². The van der Waals surface area contributed by atoms with Gasteiger partial charge in [0.1, 0.15) is 37.4 Å². The van der Waals surface area contributed by atoms with Gasteiger partial charge in [0.2, 0.25) is 0 Å². The van der Waals surface area contributed by atoms with E-state index in [1.54, 1.807) is 0 Å². The molecule has 5 heterocycles. The van der Waals surface area contributed by atoms with Crippen LogP contribution in [0.1, 0.15) is 19.3 Å². The van der Waals surface area contributed by atoms with Crippen LogP contribution in [0.25, 0.3) is 22.4 Å². The minimum atomic E-state index is -1.26. The molecular weight excluding hydrogens is 604 g/mol. The molecule has 3 fully saturated rings. The van der Waals surface area contributed by atoms with Crippen molar-refractivity contribution < 1.29 is 33.2 Å². The van der Waals surface area contributed by atoms with Crippen LogP contribution in [0.2, 0.25) is 30.7 Å². The van der Waals surface area contributed by atoms with Crippen LogP contribution in [0, 0.1) is 0 Å². The number of hydrogen-bond acceptors (Lipinski definition) is 10. The van der Waals surface area contributed by atoms with Crippen molar-refractivity contribution in [3.05, 3.63) is 35.4 Å². The summed E-state index contributed by atoms with van der Waals surface area (Å²) >= 11 is 6.81. The number of fused-ring (bicyclic) bond motifs is 2. The van der Waals surface area contributed by atoms with Crippen LogP contribution in [-0.2, 0) is 30.4 Å². The highest BCUT2D eigenvalue weighted by atomic mass is 35.5. The average Bonchev–Trinajstić information content (AvgIpc) is 3.69. The smallest absolute Gasteiger partial charge is 0.301 e. The lowest BCUT2D eigenvalue weighted by Crippen LogP contribution is -2.38. The van der Waals surface area contributed by atoms with Gasteiger partial charge in [0.15, 0.2) is 18.0 Å². The molecule has 44 heavy (non-hydrogen) atoms. The van der Waals surface area contributed by atoms with E-state index in [4.69, 9.17) is 60.5 Å². The Balaban J connectivity index is 1.22. The molecule has 0 bridgehead atoms. The van der Waals surface area contributed by atoms with Gasteiger partial charge >= 0.3 is 6.01 Å². The van der Waals surface area contributed by atoms with E-state index >= 15 is 0 Å². The molecule has 0 aliphatic carbocycles. The van der Waals surface area contributed by atoms with E-state index in [1.807, 2.05) is 34.9 Å². The van der Waals surface area contributed by atoms with E-state index < -0.39 is 8.07 Å².